The number of fused-ring (bicyclic) bond motifs is 1. The van der Waals surface area contributed by atoms with Crippen LogP contribution in [-0.4, -0.2) is 37.8 Å². The van der Waals surface area contributed by atoms with Crippen LogP contribution in [-0.2, 0) is 11.2 Å². The van der Waals surface area contributed by atoms with E-state index < -0.39 is 17.9 Å². The maximum absolute atomic E-state index is 12.9. The number of carbonyl (C=O) groups is 2. The number of pyridine rings is 2. The predicted octanol–water partition coefficient (Wildman–Crippen LogP) is 2.48. The number of H-pyrrole nitrogens is 1. The maximum atomic E-state index is 12.9. The number of nitrogens with zero attached hydrogens (tertiary/aromatic N) is 3. The first-order valence-electron chi connectivity index (χ1n) is 9.00. The largest absolute Gasteiger partial charge is 0.368 e. The Balaban J connectivity index is 0.00000256. The summed E-state index contributed by atoms with van der Waals surface area (Å²) in [5.41, 5.74) is 8.75. The van der Waals surface area contributed by atoms with Crippen molar-refractivity contribution in [2.45, 2.75) is 19.9 Å². The third-order valence-corrected chi connectivity index (χ3v) is 4.52. The van der Waals surface area contributed by atoms with Gasteiger partial charge in [0.2, 0.25) is 5.91 Å². The van der Waals surface area contributed by atoms with Gasteiger partial charge in [-0.1, -0.05) is 19.6 Å². The van der Waals surface area contributed by atoms with E-state index in [2.05, 4.69) is 25.3 Å². The number of para-hydroxylation sites is 1. The molecule has 0 spiro atoms. The molecule has 4 rings (SSSR count). The number of primary amides is 1. The van der Waals surface area contributed by atoms with E-state index in [1.54, 1.807) is 43.0 Å². The quantitative estimate of drug-likeness (QED) is 0.457. The Hall–Kier alpha value is -4.07. The Labute approximate surface area is 173 Å². The number of hydrogen-bond acceptors (Lipinski definition) is 5. The monoisotopic (exact) mass is 402 g/mol. The molecule has 4 N–H and O–H groups in total. The van der Waals surface area contributed by atoms with Gasteiger partial charge in [0.1, 0.15) is 17.4 Å². The molecule has 8 nitrogen and oxygen atoms in total. The molecule has 0 fully saturated rings. The molecule has 3 heterocycles. The number of rotatable bonds is 6. The van der Waals surface area contributed by atoms with Gasteiger partial charge in [-0.15, -0.1) is 0 Å². The molecule has 1 aromatic carbocycles. The summed E-state index contributed by atoms with van der Waals surface area (Å²) in [5, 5.41) is 2.72. The van der Waals surface area contributed by atoms with Crippen LogP contribution in [0.2, 0.25) is 0 Å². The fourth-order valence-corrected chi connectivity index (χ4v) is 3.08. The summed E-state index contributed by atoms with van der Waals surface area (Å²) in [4.78, 5) is 40.6. The molecule has 0 aliphatic heterocycles. The van der Waals surface area contributed by atoms with E-state index in [-0.39, 0.29) is 13.8 Å². The number of aromatic nitrogens is 4. The number of aromatic amines is 1. The maximum Gasteiger partial charge on any atom is 0.254 e. The summed E-state index contributed by atoms with van der Waals surface area (Å²) >= 11 is 0. The minimum Gasteiger partial charge on any atom is -0.368 e. The second-order valence-electron chi connectivity index (χ2n) is 6.52. The number of imidazole rings is 1. The van der Waals surface area contributed by atoms with Crippen molar-refractivity contribution in [2.24, 2.45) is 5.73 Å². The van der Waals surface area contributed by atoms with E-state index in [0.29, 0.717) is 22.4 Å². The summed E-state index contributed by atoms with van der Waals surface area (Å²) in [6, 6.07) is 11.6. The molecule has 0 radical (unpaired) electrons. The van der Waals surface area contributed by atoms with Crippen molar-refractivity contribution in [3.05, 3.63) is 78.4 Å². The molecular weight excluding hydrogens is 380 g/mol. The van der Waals surface area contributed by atoms with Crippen LogP contribution in [0, 0.1) is 0 Å². The Bertz CT molecular complexity index is 1160. The highest BCUT2D eigenvalue weighted by atomic mass is 16.2. The predicted molar refractivity (Wildman–Crippen MR) is 114 cm³/mol. The highest BCUT2D eigenvalue weighted by Crippen LogP contribution is 2.22. The van der Waals surface area contributed by atoms with Crippen LogP contribution in [0.1, 0.15) is 23.3 Å². The summed E-state index contributed by atoms with van der Waals surface area (Å²) < 4.78 is 0. The lowest BCUT2D eigenvalue weighted by atomic mass is 10.1. The van der Waals surface area contributed by atoms with Crippen LogP contribution in [0.3, 0.4) is 0 Å². The second kappa shape index (κ2) is 8.95. The van der Waals surface area contributed by atoms with E-state index in [1.807, 2.05) is 24.3 Å². The van der Waals surface area contributed by atoms with Crippen molar-refractivity contribution >= 4 is 22.8 Å². The SMILES string of the molecule is C.NC(=O)[C@H](Cc1cccnc1)NC(=O)c1cccc2[nH]c(-c3ccncc3)nc12. The van der Waals surface area contributed by atoms with E-state index in [0.717, 1.165) is 11.1 Å². The average molecular weight is 402 g/mol. The van der Waals surface area contributed by atoms with Gasteiger partial charge in [0, 0.05) is 36.8 Å². The molecule has 152 valence electrons. The lowest BCUT2D eigenvalue weighted by molar-refractivity contribution is -0.119. The van der Waals surface area contributed by atoms with Crippen LogP contribution in [0.25, 0.3) is 22.4 Å². The van der Waals surface area contributed by atoms with Gasteiger partial charge in [0.15, 0.2) is 0 Å². The first-order valence-corrected chi connectivity index (χ1v) is 9.00. The van der Waals surface area contributed by atoms with E-state index in [1.165, 1.54) is 0 Å². The highest BCUT2D eigenvalue weighted by molar-refractivity contribution is 6.06. The molecule has 0 bridgehead atoms. The normalized spacial score (nSPS) is 11.5. The summed E-state index contributed by atoms with van der Waals surface area (Å²) in [6.45, 7) is 0. The Morgan fingerprint density at radius 3 is 2.53 bits per heavy atom. The fourth-order valence-electron chi connectivity index (χ4n) is 3.08. The molecule has 1 atom stereocenters. The van der Waals surface area contributed by atoms with Crippen LogP contribution >= 0.6 is 0 Å². The number of carbonyl (C=O) groups excluding carboxylic acids is 2. The zero-order valence-corrected chi connectivity index (χ0v) is 15.4. The zero-order chi connectivity index (χ0) is 20.2. The molecule has 8 heteroatoms. The molecule has 30 heavy (non-hydrogen) atoms. The van der Waals surface area contributed by atoms with E-state index >= 15 is 0 Å². The molecule has 0 saturated carbocycles. The van der Waals surface area contributed by atoms with Crippen molar-refractivity contribution in [3.8, 4) is 11.4 Å². The van der Waals surface area contributed by atoms with Gasteiger partial charge in [0.25, 0.3) is 5.91 Å². The number of benzene rings is 1. The molecule has 0 aliphatic carbocycles. The Kier molecular flexibility index (Phi) is 6.17. The molecule has 2 amide bonds. The lowest BCUT2D eigenvalue weighted by Crippen LogP contribution is -2.45. The van der Waals surface area contributed by atoms with Gasteiger partial charge >= 0.3 is 0 Å². The van der Waals surface area contributed by atoms with Gasteiger partial charge in [-0.2, -0.15) is 0 Å². The van der Waals surface area contributed by atoms with Crippen molar-refractivity contribution in [1.82, 2.24) is 25.3 Å². The fraction of sp³-hybridized carbons (Fsp3) is 0.136. The van der Waals surface area contributed by atoms with Crippen molar-refractivity contribution in [2.75, 3.05) is 0 Å². The van der Waals surface area contributed by atoms with Gasteiger partial charge in [0.05, 0.1) is 11.1 Å². The third kappa shape index (κ3) is 4.33. The first kappa shape index (κ1) is 20.7. The number of nitrogens with two attached hydrogens (primary N) is 1. The molecule has 0 unspecified atom stereocenters. The Morgan fingerprint density at radius 2 is 1.83 bits per heavy atom. The number of hydrogen-bond donors (Lipinski definition) is 3. The van der Waals surface area contributed by atoms with Crippen molar-refractivity contribution in [1.29, 1.82) is 0 Å². The van der Waals surface area contributed by atoms with Crippen LogP contribution in [0.4, 0.5) is 0 Å². The van der Waals surface area contributed by atoms with Crippen LogP contribution in [0.5, 0.6) is 0 Å². The highest BCUT2D eigenvalue weighted by Gasteiger charge is 2.22. The smallest absolute Gasteiger partial charge is 0.254 e. The topological polar surface area (TPSA) is 127 Å². The minimum atomic E-state index is -0.861. The molecule has 3 aromatic heterocycles. The van der Waals surface area contributed by atoms with E-state index in [9.17, 15) is 9.59 Å². The van der Waals surface area contributed by atoms with Gasteiger partial charge in [-0.05, 0) is 35.9 Å². The number of amides is 2. The summed E-state index contributed by atoms with van der Waals surface area (Å²) in [7, 11) is 0. The summed E-state index contributed by atoms with van der Waals surface area (Å²) in [5.74, 6) is -0.408. The van der Waals surface area contributed by atoms with Crippen LogP contribution in [0.15, 0.2) is 67.3 Å². The molecule has 4 aromatic rings. The molecule has 0 aliphatic rings. The standard InChI is InChI=1S/C21H18N6O2.CH4/c22-19(28)17(11-13-3-2-8-24-12-13)26-21(29)15-4-1-5-16-18(15)27-20(25-16)14-6-9-23-10-7-14;/h1-10,12,17H,11H2,(H2,22,28)(H,25,27)(H,26,29);1H4/t17-;/m0./s1. The summed E-state index contributed by atoms with van der Waals surface area (Å²) in [6.07, 6.45) is 6.88. The first-order chi connectivity index (χ1) is 14.1. The Morgan fingerprint density at radius 1 is 1.03 bits per heavy atom. The third-order valence-electron chi connectivity index (χ3n) is 4.52. The minimum absolute atomic E-state index is 0. The zero-order valence-electron chi connectivity index (χ0n) is 15.4. The van der Waals surface area contributed by atoms with Gasteiger partial charge < -0.3 is 16.0 Å². The van der Waals surface area contributed by atoms with Crippen molar-refractivity contribution < 1.29 is 9.59 Å². The average Bonchev–Trinajstić information content (AvgIpc) is 3.19. The van der Waals surface area contributed by atoms with Gasteiger partial charge in [-0.25, -0.2) is 4.98 Å². The molecule has 0 saturated heterocycles. The second-order valence-corrected chi connectivity index (χ2v) is 6.52. The lowest BCUT2D eigenvalue weighted by Gasteiger charge is -2.15. The van der Waals surface area contributed by atoms with E-state index in [4.69, 9.17) is 5.73 Å². The molecular formula is C22H22N6O2. The van der Waals surface area contributed by atoms with Gasteiger partial charge in [-0.3, -0.25) is 19.6 Å². The van der Waals surface area contributed by atoms with Crippen molar-refractivity contribution in [3.63, 3.8) is 0 Å². The number of nitrogens with one attached hydrogen (secondary N) is 2. The van der Waals surface area contributed by atoms with Crippen LogP contribution < -0.4 is 11.1 Å².